The fourth-order valence-electron chi connectivity index (χ4n) is 2.93. The molecule has 8 heteroatoms. The van der Waals surface area contributed by atoms with Crippen molar-refractivity contribution in [3.63, 3.8) is 0 Å². The number of fused-ring (bicyclic) bond motifs is 1. The zero-order chi connectivity index (χ0) is 15.1. The lowest BCUT2D eigenvalue weighted by molar-refractivity contribution is -0.382. The lowest BCUT2D eigenvalue weighted by atomic mass is 10.0. The van der Waals surface area contributed by atoms with Gasteiger partial charge in [0.1, 0.15) is 5.69 Å². The highest BCUT2D eigenvalue weighted by Crippen LogP contribution is 2.40. The van der Waals surface area contributed by atoms with Crippen LogP contribution >= 0.6 is 11.3 Å². The molecule has 1 aliphatic heterocycles. The maximum Gasteiger partial charge on any atom is 0.319 e. The molecule has 0 aliphatic carbocycles. The molecule has 2 heterocycles. The van der Waals surface area contributed by atoms with Gasteiger partial charge in [0.25, 0.3) is 0 Å². The summed E-state index contributed by atoms with van der Waals surface area (Å²) in [6, 6.07) is 3.22. The third kappa shape index (κ3) is 2.11. The largest absolute Gasteiger partial charge is 0.481 e. The van der Waals surface area contributed by atoms with E-state index in [2.05, 4.69) is 4.98 Å². The number of aromatic nitrogens is 1. The molecule has 0 radical (unpaired) electrons. The van der Waals surface area contributed by atoms with Crippen LogP contribution in [0.4, 0.5) is 11.4 Å². The molecule has 0 saturated carbocycles. The Balaban J connectivity index is 2.10. The van der Waals surface area contributed by atoms with Crippen molar-refractivity contribution in [1.29, 1.82) is 0 Å². The molecule has 2 aromatic rings. The number of hydrogen-bond acceptors (Lipinski definition) is 6. The van der Waals surface area contributed by atoms with Gasteiger partial charge in [-0.25, -0.2) is 4.98 Å². The average molecular weight is 307 g/mol. The predicted molar refractivity (Wildman–Crippen MR) is 78.8 cm³/mol. The van der Waals surface area contributed by atoms with Crippen LogP contribution in [0.15, 0.2) is 17.6 Å². The lowest BCUT2D eigenvalue weighted by Crippen LogP contribution is -2.33. The Bertz CT molecular complexity index is 729. The van der Waals surface area contributed by atoms with Crippen LogP contribution in [0, 0.1) is 16.0 Å². The summed E-state index contributed by atoms with van der Waals surface area (Å²) in [5.41, 5.74) is 2.37. The summed E-state index contributed by atoms with van der Waals surface area (Å²) in [5, 5.41) is 20.6. The fraction of sp³-hybridized carbons (Fsp3) is 0.385. The van der Waals surface area contributed by atoms with E-state index in [-0.39, 0.29) is 11.7 Å². The number of anilines is 1. The molecule has 1 fully saturated rings. The first-order valence-corrected chi connectivity index (χ1v) is 7.38. The maximum absolute atomic E-state index is 11.4. The van der Waals surface area contributed by atoms with Crippen molar-refractivity contribution in [2.45, 2.75) is 19.4 Å². The van der Waals surface area contributed by atoms with E-state index in [0.29, 0.717) is 24.2 Å². The van der Waals surface area contributed by atoms with Crippen molar-refractivity contribution in [1.82, 2.24) is 4.98 Å². The van der Waals surface area contributed by atoms with Gasteiger partial charge in [-0.2, -0.15) is 0 Å². The highest BCUT2D eigenvalue weighted by atomic mass is 32.1. The van der Waals surface area contributed by atoms with Crippen LogP contribution in [0.2, 0.25) is 0 Å². The quantitative estimate of drug-likeness (QED) is 0.691. The summed E-state index contributed by atoms with van der Waals surface area (Å²) in [5.74, 6) is -1.36. The van der Waals surface area contributed by atoms with E-state index in [0.717, 1.165) is 4.70 Å². The first-order valence-electron chi connectivity index (χ1n) is 6.50. The van der Waals surface area contributed by atoms with Crippen molar-refractivity contribution in [2.75, 3.05) is 11.4 Å². The van der Waals surface area contributed by atoms with Crippen molar-refractivity contribution in [2.24, 2.45) is 5.92 Å². The number of benzene rings is 1. The minimum Gasteiger partial charge on any atom is -0.481 e. The van der Waals surface area contributed by atoms with Crippen molar-refractivity contribution < 1.29 is 14.8 Å². The number of carbonyl (C=O) groups is 1. The monoisotopic (exact) mass is 307 g/mol. The van der Waals surface area contributed by atoms with E-state index in [1.165, 1.54) is 11.3 Å². The van der Waals surface area contributed by atoms with Crippen LogP contribution in [0.3, 0.4) is 0 Å². The van der Waals surface area contributed by atoms with Gasteiger partial charge in [0.05, 0.1) is 21.1 Å². The molecular weight excluding hydrogens is 294 g/mol. The van der Waals surface area contributed by atoms with E-state index >= 15 is 0 Å². The molecule has 21 heavy (non-hydrogen) atoms. The van der Waals surface area contributed by atoms with Gasteiger partial charge in [0.2, 0.25) is 0 Å². The van der Waals surface area contributed by atoms with Crippen LogP contribution in [0.25, 0.3) is 10.2 Å². The van der Waals surface area contributed by atoms with Gasteiger partial charge in [-0.15, -0.1) is 11.3 Å². The normalized spacial score (nSPS) is 21.9. The first-order chi connectivity index (χ1) is 10.0. The van der Waals surface area contributed by atoms with Crippen molar-refractivity contribution in [3.8, 4) is 0 Å². The Morgan fingerprint density at radius 3 is 2.95 bits per heavy atom. The third-order valence-electron chi connectivity index (χ3n) is 4.02. The summed E-state index contributed by atoms with van der Waals surface area (Å²) in [7, 11) is 0. The summed E-state index contributed by atoms with van der Waals surface area (Å²) in [6.07, 6.45) is 0.489. The number of aliphatic carboxylic acids is 1. The number of carboxylic acids is 1. The molecular formula is C13H13N3O4S. The summed E-state index contributed by atoms with van der Waals surface area (Å²) >= 11 is 1.35. The Labute approximate surface area is 124 Å². The molecule has 0 bridgehead atoms. The molecule has 1 N–H and O–H groups in total. The number of nitrogens with zero attached hydrogens (tertiary/aromatic N) is 3. The maximum atomic E-state index is 11.4. The molecule has 2 atom stereocenters. The number of nitro benzene ring substituents is 1. The highest BCUT2D eigenvalue weighted by Gasteiger charge is 2.38. The van der Waals surface area contributed by atoms with Gasteiger partial charge in [-0.05, 0) is 25.5 Å². The summed E-state index contributed by atoms with van der Waals surface area (Å²) < 4.78 is 0.757. The molecule has 110 valence electrons. The van der Waals surface area contributed by atoms with E-state index in [9.17, 15) is 20.0 Å². The Hall–Kier alpha value is -2.22. The van der Waals surface area contributed by atoms with Gasteiger partial charge < -0.3 is 10.0 Å². The summed E-state index contributed by atoms with van der Waals surface area (Å²) in [6.45, 7) is 2.29. The predicted octanol–water partition coefficient (Wildman–Crippen LogP) is 2.50. The second-order valence-corrected chi connectivity index (χ2v) is 5.94. The molecule has 1 saturated heterocycles. The van der Waals surface area contributed by atoms with Crippen molar-refractivity contribution in [3.05, 3.63) is 27.8 Å². The number of thiazole rings is 1. The second-order valence-electron chi connectivity index (χ2n) is 5.06. The number of hydrogen-bond donors (Lipinski definition) is 1. The third-order valence-corrected chi connectivity index (χ3v) is 4.81. The Kier molecular flexibility index (Phi) is 3.25. The topological polar surface area (TPSA) is 96.6 Å². The molecule has 1 aliphatic rings. The van der Waals surface area contributed by atoms with Crippen LogP contribution in [-0.4, -0.2) is 33.6 Å². The minimum atomic E-state index is -0.859. The van der Waals surface area contributed by atoms with Crippen LogP contribution in [0.5, 0.6) is 0 Å². The zero-order valence-corrected chi connectivity index (χ0v) is 12.0. The summed E-state index contributed by atoms with van der Waals surface area (Å²) in [4.78, 5) is 28.1. The smallest absolute Gasteiger partial charge is 0.319 e. The van der Waals surface area contributed by atoms with Gasteiger partial charge in [0.15, 0.2) is 5.52 Å². The number of nitro groups is 1. The van der Waals surface area contributed by atoms with E-state index in [1.54, 1.807) is 29.5 Å². The number of rotatable bonds is 3. The Morgan fingerprint density at radius 2 is 2.33 bits per heavy atom. The van der Waals surface area contributed by atoms with Crippen LogP contribution < -0.4 is 4.90 Å². The minimum absolute atomic E-state index is 0.0355. The molecule has 2 unspecified atom stereocenters. The molecule has 0 spiro atoms. The molecule has 1 aromatic heterocycles. The second kappa shape index (κ2) is 4.96. The van der Waals surface area contributed by atoms with E-state index in [4.69, 9.17) is 0 Å². The van der Waals surface area contributed by atoms with Gasteiger partial charge >= 0.3 is 11.7 Å². The van der Waals surface area contributed by atoms with Gasteiger partial charge in [-0.3, -0.25) is 14.9 Å². The molecule has 3 rings (SSSR count). The SMILES string of the molecule is CC1C(C(=O)O)CCN1c1ccc2scnc2c1[N+](=O)[O-]. The standard InChI is InChI=1S/C13H13N3O4S/c1-7-8(13(17)18)4-5-15(7)9-2-3-10-11(14-6-21-10)12(9)16(19)20/h2-3,6-8H,4-5H2,1H3,(H,17,18). The zero-order valence-electron chi connectivity index (χ0n) is 11.2. The van der Waals surface area contributed by atoms with Crippen LogP contribution in [0.1, 0.15) is 13.3 Å². The van der Waals surface area contributed by atoms with Crippen LogP contribution in [-0.2, 0) is 4.79 Å². The van der Waals surface area contributed by atoms with E-state index in [1.807, 2.05) is 0 Å². The fourth-order valence-corrected chi connectivity index (χ4v) is 3.61. The molecule has 0 amide bonds. The average Bonchev–Trinajstić information content (AvgIpc) is 3.02. The number of carboxylic acid groups (broad SMARTS) is 1. The van der Waals surface area contributed by atoms with Gasteiger partial charge in [0, 0.05) is 12.6 Å². The first kappa shape index (κ1) is 13.7. The van der Waals surface area contributed by atoms with Crippen molar-refractivity contribution >= 4 is 38.9 Å². The molecule has 1 aromatic carbocycles. The highest BCUT2D eigenvalue weighted by molar-refractivity contribution is 7.16. The van der Waals surface area contributed by atoms with Gasteiger partial charge in [-0.1, -0.05) is 0 Å². The molecule has 7 nitrogen and oxygen atoms in total. The Morgan fingerprint density at radius 1 is 1.57 bits per heavy atom. The lowest BCUT2D eigenvalue weighted by Gasteiger charge is -2.25. The van der Waals surface area contributed by atoms with E-state index < -0.39 is 16.8 Å².